The summed E-state index contributed by atoms with van der Waals surface area (Å²) in [6.45, 7) is 4.76. The highest BCUT2D eigenvalue weighted by Gasteiger charge is 2.30. The Morgan fingerprint density at radius 2 is 2.56 bits per heavy atom. The summed E-state index contributed by atoms with van der Waals surface area (Å²) in [5, 5.41) is 4.09. The molecule has 1 atom stereocenters. The van der Waals surface area contributed by atoms with Crippen molar-refractivity contribution in [2.45, 2.75) is 32.1 Å². The van der Waals surface area contributed by atoms with Gasteiger partial charge in [0.25, 0.3) is 5.91 Å². The number of nitrogens with zero attached hydrogens (tertiary/aromatic N) is 2. The molecule has 0 spiro atoms. The van der Waals surface area contributed by atoms with E-state index in [0.29, 0.717) is 16.8 Å². The van der Waals surface area contributed by atoms with Gasteiger partial charge >= 0.3 is 0 Å². The van der Waals surface area contributed by atoms with Crippen molar-refractivity contribution in [1.82, 2.24) is 10.1 Å². The second kappa shape index (κ2) is 4.91. The summed E-state index contributed by atoms with van der Waals surface area (Å²) in [4.78, 5) is 14.0. The Labute approximate surface area is 99.4 Å². The average molecular weight is 240 g/mol. The molecular weight excluding hydrogens is 224 g/mol. The van der Waals surface area contributed by atoms with Crippen LogP contribution in [0.3, 0.4) is 0 Å². The van der Waals surface area contributed by atoms with Crippen LogP contribution in [0.4, 0.5) is 0 Å². The van der Waals surface area contributed by atoms with Gasteiger partial charge in [0.1, 0.15) is 5.76 Å². The van der Waals surface area contributed by atoms with E-state index in [4.69, 9.17) is 4.52 Å². The van der Waals surface area contributed by atoms with Gasteiger partial charge in [-0.1, -0.05) is 18.5 Å². The van der Waals surface area contributed by atoms with Gasteiger partial charge in [-0.05, 0) is 13.3 Å². The van der Waals surface area contributed by atoms with E-state index in [0.717, 1.165) is 25.1 Å². The fourth-order valence-corrected chi connectivity index (χ4v) is 3.21. The topological polar surface area (TPSA) is 46.3 Å². The van der Waals surface area contributed by atoms with Crippen LogP contribution >= 0.6 is 11.8 Å². The third-order valence-corrected chi connectivity index (χ3v) is 3.93. The summed E-state index contributed by atoms with van der Waals surface area (Å²) >= 11 is 1.85. The monoisotopic (exact) mass is 240 g/mol. The third kappa shape index (κ3) is 2.24. The molecule has 1 aliphatic heterocycles. The minimum absolute atomic E-state index is 0.000278. The van der Waals surface area contributed by atoms with Gasteiger partial charge in [-0.15, -0.1) is 11.8 Å². The zero-order chi connectivity index (χ0) is 11.5. The summed E-state index contributed by atoms with van der Waals surface area (Å²) in [6.07, 6.45) is 2.15. The molecule has 0 saturated carbocycles. The first-order valence-corrected chi connectivity index (χ1v) is 6.63. The first kappa shape index (κ1) is 11.5. The van der Waals surface area contributed by atoms with Crippen LogP contribution in [0.1, 0.15) is 36.0 Å². The van der Waals surface area contributed by atoms with Crippen LogP contribution in [0.25, 0.3) is 0 Å². The van der Waals surface area contributed by atoms with Crippen molar-refractivity contribution in [3.63, 3.8) is 0 Å². The highest BCUT2D eigenvalue weighted by Crippen LogP contribution is 2.28. The van der Waals surface area contributed by atoms with Gasteiger partial charge < -0.3 is 9.42 Å². The summed E-state index contributed by atoms with van der Waals surface area (Å²) < 4.78 is 4.94. The normalized spacial score (nSPS) is 20.4. The van der Waals surface area contributed by atoms with Gasteiger partial charge in [0.2, 0.25) is 0 Å². The molecule has 4 nitrogen and oxygen atoms in total. The van der Waals surface area contributed by atoms with E-state index in [9.17, 15) is 4.79 Å². The third-order valence-electron chi connectivity index (χ3n) is 2.63. The number of hydrogen-bond acceptors (Lipinski definition) is 4. The Kier molecular flexibility index (Phi) is 3.53. The van der Waals surface area contributed by atoms with Crippen molar-refractivity contribution in [2.24, 2.45) is 0 Å². The van der Waals surface area contributed by atoms with Crippen molar-refractivity contribution < 1.29 is 9.32 Å². The predicted octanol–water partition coefficient (Wildman–Crippen LogP) is 2.30. The van der Waals surface area contributed by atoms with Crippen LogP contribution < -0.4 is 0 Å². The molecule has 1 aromatic heterocycles. The van der Waals surface area contributed by atoms with E-state index in [2.05, 4.69) is 12.1 Å². The molecule has 0 aromatic carbocycles. The molecule has 16 heavy (non-hydrogen) atoms. The van der Waals surface area contributed by atoms with Crippen LogP contribution in [0.15, 0.2) is 10.6 Å². The fraction of sp³-hybridized carbons (Fsp3) is 0.636. The average Bonchev–Trinajstić information content (AvgIpc) is 2.87. The van der Waals surface area contributed by atoms with E-state index in [1.165, 1.54) is 0 Å². The summed E-state index contributed by atoms with van der Waals surface area (Å²) in [6, 6.07) is 1.70. The second-order valence-electron chi connectivity index (χ2n) is 3.94. The highest BCUT2D eigenvalue weighted by molar-refractivity contribution is 8.00. The standard InChI is InChI=1S/C11H16N2O2S/c1-3-4-10-13(5-6-16-10)11(14)9-7-8(2)15-12-9/h7,10H,3-6H2,1-2H3/t10-/m1/s1. The van der Waals surface area contributed by atoms with Crippen LogP contribution in [0.2, 0.25) is 0 Å². The smallest absolute Gasteiger partial charge is 0.276 e. The van der Waals surface area contributed by atoms with Crippen molar-refractivity contribution in [2.75, 3.05) is 12.3 Å². The highest BCUT2D eigenvalue weighted by atomic mass is 32.2. The van der Waals surface area contributed by atoms with E-state index < -0.39 is 0 Å². The molecule has 88 valence electrons. The summed E-state index contributed by atoms with van der Waals surface area (Å²) in [7, 11) is 0. The zero-order valence-electron chi connectivity index (χ0n) is 9.60. The van der Waals surface area contributed by atoms with Gasteiger partial charge in [-0.2, -0.15) is 0 Å². The molecule has 1 aromatic rings. The number of carbonyl (C=O) groups excluding carboxylic acids is 1. The van der Waals surface area contributed by atoms with Gasteiger partial charge in [0, 0.05) is 18.4 Å². The van der Waals surface area contributed by atoms with Crippen molar-refractivity contribution in [1.29, 1.82) is 0 Å². The number of aromatic nitrogens is 1. The van der Waals surface area contributed by atoms with Crippen molar-refractivity contribution >= 4 is 17.7 Å². The molecule has 1 aliphatic rings. The number of thioether (sulfide) groups is 1. The molecule has 0 bridgehead atoms. The molecule has 2 heterocycles. The van der Waals surface area contributed by atoms with Crippen LogP contribution in [-0.4, -0.2) is 33.6 Å². The molecule has 0 N–H and O–H groups in total. The molecule has 0 radical (unpaired) electrons. The van der Waals surface area contributed by atoms with Crippen LogP contribution in [0, 0.1) is 6.92 Å². The first-order chi connectivity index (χ1) is 7.72. The van der Waals surface area contributed by atoms with Crippen LogP contribution in [0.5, 0.6) is 0 Å². The maximum atomic E-state index is 12.1. The largest absolute Gasteiger partial charge is 0.361 e. The van der Waals surface area contributed by atoms with Gasteiger partial charge in [-0.3, -0.25) is 4.79 Å². The molecular formula is C11H16N2O2S. The molecule has 5 heteroatoms. The molecule has 1 saturated heterocycles. The van der Waals surface area contributed by atoms with Gasteiger partial charge in [-0.25, -0.2) is 0 Å². The quantitative estimate of drug-likeness (QED) is 0.813. The molecule has 0 unspecified atom stereocenters. The lowest BCUT2D eigenvalue weighted by Crippen LogP contribution is -2.34. The van der Waals surface area contributed by atoms with Crippen molar-refractivity contribution in [3.05, 3.63) is 17.5 Å². The maximum absolute atomic E-state index is 12.1. The number of amides is 1. The SMILES string of the molecule is CCC[C@H]1SCCN1C(=O)c1cc(C)on1. The molecule has 2 rings (SSSR count). The number of carbonyl (C=O) groups is 1. The second-order valence-corrected chi connectivity index (χ2v) is 5.22. The molecule has 0 aliphatic carbocycles. The predicted molar refractivity (Wildman–Crippen MR) is 63.4 cm³/mol. The zero-order valence-corrected chi connectivity index (χ0v) is 10.4. The first-order valence-electron chi connectivity index (χ1n) is 5.58. The summed E-state index contributed by atoms with van der Waals surface area (Å²) in [5.74, 6) is 1.70. The van der Waals surface area contributed by atoms with E-state index in [1.54, 1.807) is 13.0 Å². The fourth-order valence-electron chi connectivity index (χ4n) is 1.85. The lowest BCUT2D eigenvalue weighted by molar-refractivity contribution is 0.0746. The Bertz CT molecular complexity index is 378. The van der Waals surface area contributed by atoms with Crippen LogP contribution in [-0.2, 0) is 0 Å². The Morgan fingerprint density at radius 1 is 1.75 bits per heavy atom. The molecule has 1 amide bonds. The Balaban J connectivity index is 2.09. The van der Waals surface area contributed by atoms with Gasteiger partial charge in [0.15, 0.2) is 5.69 Å². The number of hydrogen-bond donors (Lipinski definition) is 0. The minimum atomic E-state index is 0.000278. The Morgan fingerprint density at radius 3 is 3.19 bits per heavy atom. The number of aryl methyl sites for hydroxylation is 1. The minimum Gasteiger partial charge on any atom is -0.361 e. The summed E-state index contributed by atoms with van der Waals surface area (Å²) in [5.41, 5.74) is 0.432. The Hall–Kier alpha value is -0.970. The van der Waals surface area contributed by atoms with Gasteiger partial charge in [0.05, 0.1) is 5.37 Å². The maximum Gasteiger partial charge on any atom is 0.276 e. The van der Waals surface area contributed by atoms with E-state index >= 15 is 0 Å². The lowest BCUT2D eigenvalue weighted by atomic mass is 10.2. The number of rotatable bonds is 3. The molecule has 1 fully saturated rings. The lowest BCUT2D eigenvalue weighted by Gasteiger charge is -2.22. The van der Waals surface area contributed by atoms with E-state index in [-0.39, 0.29) is 5.91 Å². The van der Waals surface area contributed by atoms with E-state index in [1.807, 2.05) is 16.7 Å². The van der Waals surface area contributed by atoms with Crippen molar-refractivity contribution in [3.8, 4) is 0 Å².